The molecule has 0 bridgehead atoms. The van der Waals surface area contributed by atoms with E-state index in [1.54, 1.807) is 36.7 Å². The molecule has 3 N–H and O–H groups in total. The quantitative estimate of drug-likeness (QED) is 0.517. The van der Waals surface area contributed by atoms with E-state index in [9.17, 15) is 10.2 Å². The average Bonchev–Trinajstić information content (AvgIpc) is 2.56. The van der Waals surface area contributed by atoms with Gasteiger partial charge in [0.15, 0.2) is 0 Å². The van der Waals surface area contributed by atoms with E-state index in [1.165, 1.54) is 0 Å². The van der Waals surface area contributed by atoms with Crippen LogP contribution in [0.5, 0.6) is 11.5 Å². The number of para-hydroxylation sites is 2. The van der Waals surface area contributed by atoms with Gasteiger partial charge in [0.1, 0.15) is 11.5 Å². The van der Waals surface area contributed by atoms with E-state index in [0.29, 0.717) is 13.1 Å². The molecular weight excluding hydrogens is 290 g/mol. The number of phenols is 2. The Morgan fingerprint density at radius 3 is 1.61 bits per heavy atom. The van der Waals surface area contributed by atoms with E-state index in [4.69, 9.17) is 0 Å². The molecule has 0 aliphatic heterocycles. The highest BCUT2D eigenvalue weighted by Crippen LogP contribution is 2.13. The second-order valence-electron chi connectivity index (χ2n) is 4.94. The van der Waals surface area contributed by atoms with Crippen LogP contribution in [0.1, 0.15) is 11.1 Å². The van der Waals surface area contributed by atoms with Gasteiger partial charge in [0.05, 0.1) is 13.1 Å². The Bertz CT molecular complexity index is 611. The lowest BCUT2D eigenvalue weighted by atomic mass is 10.2. The number of phenolic OH excluding ortho intramolecular Hbond substituents is 2. The normalized spacial score (nSPS) is 11.5. The molecule has 0 fully saturated rings. The fourth-order valence-electron chi connectivity index (χ4n) is 1.93. The maximum absolute atomic E-state index is 9.58. The van der Waals surface area contributed by atoms with Crippen LogP contribution in [0.15, 0.2) is 58.5 Å². The van der Waals surface area contributed by atoms with Crippen molar-refractivity contribution in [3.8, 4) is 11.5 Å². The number of hydrogen-bond donors (Lipinski definition) is 3. The molecule has 0 aliphatic rings. The van der Waals surface area contributed by atoms with E-state index in [-0.39, 0.29) is 11.5 Å². The first kappa shape index (κ1) is 16.7. The third kappa shape index (κ3) is 5.92. The van der Waals surface area contributed by atoms with Crippen molar-refractivity contribution in [2.75, 3.05) is 26.2 Å². The van der Waals surface area contributed by atoms with Gasteiger partial charge in [-0.15, -0.1) is 0 Å². The molecule has 5 heteroatoms. The Hall–Kier alpha value is -2.66. The van der Waals surface area contributed by atoms with E-state index < -0.39 is 0 Å². The average molecular weight is 311 g/mol. The summed E-state index contributed by atoms with van der Waals surface area (Å²) in [6.45, 7) is 2.77. The van der Waals surface area contributed by atoms with Crippen molar-refractivity contribution < 1.29 is 10.2 Å². The minimum atomic E-state index is 0.239. The molecule has 0 radical (unpaired) electrons. The third-order valence-electron chi connectivity index (χ3n) is 3.17. The van der Waals surface area contributed by atoms with Crippen LogP contribution in [0.3, 0.4) is 0 Å². The first-order valence-corrected chi connectivity index (χ1v) is 7.54. The van der Waals surface area contributed by atoms with Gasteiger partial charge in [-0.25, -0.2) is 0 Å². The molecule has 0 heterocycles. The van der Waals surface area contributed by atoms with Crippen molar-refractivity contribution in [3.63, 3.8) is 0 Å². The van der Waals surface area contributed by atoms with E-state index in [1.807, 2.05) is 24.3 Å². The predicted molar refractivity (Wildman–Crippen MR) is 94.0 cm³/mol. The first-order chi connectivity index (χ1) is 11.3. The Morgan fingerprint density at radius 1 is 0.739 bits per heavy atom. The smallest absolute Gasteiger partial charge is 0.124 e. The van der Waals surface area contributed by atoms with Crippen LogP contribution in [0.2, 0.25) is 0 Å². The molecule has 2 rings (SSSR count). The SMILES string of the molecule is Oc1ccccc1/C=N/CCNCC/N=C/c1ccccc1O. The Kier molecular flexibility index (Phi) is 6.81. The van der Waals surface area contributed by atoms with Gasteiger partial charge in [0.25, 0.3) is 0 Å². The monoisotopic (exact) mass is 311 g/mol. The van der Waals surface area contributed by atoms with Crippen molar-refractivity contribution in [2.24, 2.45) is 9.98 Å². The molecule has 0 atom stereocenters. The Labute approximate surface area is 136 Å². The van der Waals surface area contributed by atoms with Crippen molar-refractivity contribution >= 4 is 12.4 Å². The molecule has 0 saturated carbocycles. The van der Waals surface area contributed by atoms with Gasteiger partial charge in [-0.05, 0) is 24.3 Å². The number of nitrogens with zero attached hydrogens (tertiary/aromatic N) is 2. The largest absolute Gasteiger partial charge is 0.507 e. The molecule has 0 spiro atoms. The maximum atomic E-state index is 9.58. The Balaban J connectivity index is 1.60. The zero-order valence-corrected chi connectivity index (χ0v) is 12.9. The minimum absolute atomic E-state index is 0.239. The number of rotatable bonds is 8. The number of aliphatic imine (C=N–C) groups is 2. The zero-order valence-electron chi connectivity index (χ0n) is 12.9. The summed E-state index contributed by atoms with van der Waals surface area (Å²) in [6, 6.07) is 14.2. The summed E-state index contributed by atoms with van der Waals surface area (Å²) >= 11 is 0. The molecule has 0 unspecified atom stereocenters. The second kappa shape index (κ2) is 9.38. The number of aromatic hydroxyl groups is 2. The minimum Gasteiger partial charge on any atom is -0.507 e. The van der Waals surface area contributed by atoms with Crippen LogP contribution in [0, 0.1) is 0 Å². The second-order valence-corrected chi connectivity index (χ2v) is 4.94. The van der Waals surface area contributed by atoms with Gasteiger partial charge >= 0.3 is 0 Å². The van der Waals surface area contributed by atoms with Crippen molar-refractivity contribution in [1.29, 1.82) is 0 Å². The first-order valence-electron chi connectivity index (χ1n) is 7.54. The zero-order chi connectivity index (χ0) is 16.3. The lowest BCUT2D eigenvalue weighted by Gasteiger charge is -2.00. The topological polar surface area (TPSA) is 77.2 Å². The molecule has 0 aromatic heterocycles. The van der Waals surface area contributed by atoms with Crippen molar-refractivity contribution in [1.82, 2.24) is 5.32 Å². The number of benzene rings is 2. The lowest BCUT2D eigenvalue weighted by Crippen LogP contribution is -2.20. The highest BCUT2D eigenvalue weighted by Gasteiger charge is 1.95. The molecule has 120 valence electrons. The molecular formula is C18H21N3O2. The molecule has 0 aliphatic carbocycles. The third-order valence-corrected chi connectivity index (χ3v) is 3.17. The summed E-state index contributed by atoms with van der Waals surface area (Å²) in [5, 5.41) is 22.4. The summed E-state index contributed by atoms with van der Waals surface area (Å²) in [5.74, 6) is 0.477. The van der Waals surface area contributed by atoms with Crippen LogP contribution in [-0.2, 0) is 0 Å². The maximum Gasteiger partial charge on any atom is 0.124 e. The van der Waals surface area contributed by atoms with Gasteiger partial charge < -0.3 is 15.5 Å². The van der Waals surface area contributed by atoms with Crippen LogP contribution in [0.25, 0.3) is 0 Å². The summed E-state index contributed by atoms with van der Waals surface area (Å²) in [6.07, 6.45) is 3.35. The van der Waals surface area contributed by atoms with Crippen molar-refractivity contribution in [2.45, 2.75) is 0 Å². The van der Waals surface area contributed by atoms with Gasteiger partial charge in [-0.2, -0.15) is 0 Å². The van der Waals surface area contributed by atoms with Gasteiger partial charge in [-0.1, -0.05) is 24.3 Å². The molecule has 5 nitrogen and oxygen atoms in total. The van der Waals surface area contributed by atoms with Gasteiger partial charge in [-0.3, -0.25) is 9.98 Å². The van der Waals surface area contributed by atoms with Crippen LogP contribution < -0.4 is 5.32 Å². The number of hydrogen-bond acceptors (Lipinski definition) is 5. The molecule has 0 amide bonds. The molecule has 0 saturated heterocycles. The number of nitrogens with one attached hydrogen (secondary N) is 1. The predicted octanol–water partition coefficient (Wildman–Crippen LogP) is 2.23. The lowest BCUT2D eigenvalue weighted by molar-refractivity contribution is 0.474. The van der Waals surface area contributed by atoms with E-state index >= 15 is 0 Å². The highest BCUT2D eigenvalue weighted by molar-refractivity contribution is 5.83. The molecule has 23 heavy (non-hydrogen) atoms. The Morgan fingerprint density at radius 2 is 1.17 bits per heavy atom. The van der Waals surface area contributed by atoms with Crippen LogP contribution >= 0.6 is 0 Å². The molecule has 2 aromatic rings. The summed E-state index contributed by atoms with van der Waals surface area (Å²) in [5.41, 5.74) is 1.44. The summed E-state index contributed by atoms with van der Waals surface area (Å²) < 4.78 is 0. The summed E-state index contributed by atoms with van der Waals surface area (Å²) in [4.78, 5) is 8.52. The van der Waals surface area contributed by atoms with Crippen LogP contribution in [0.4, 0.5) is 0 Å². The summed E-state index contributed by atoms with van der Waals surface area (Å²) in [7, 11) is 0. The van der Waals surface area contributed by atoms with Gasteiger partial charge in [0.2, 0.25) is 0 Å². The van der Waals surface area contributed by atoms with Gasteiger partial charge in [0, 0.05) is 36.6 Å². The standard InChI is InChI=1S/C18H21N3O2/c22-17-7-3-1-5-15(17)13-20-11-9-19-10-12-21-14-16-6-2-4-8-18(16)23/h1-8,13-14,19,22-23H,9-12H2/b20-13+,21-14+. The fourth-order valence-corrected chi connectivity index (χ4v) is 1.93. The van der Waals surface area contributed by atoms with E-state index in [2.05, 4.69) is 15.3 Å². The highest BCUT2D eigenvalue weighted by atomic mass is 16.3. The van der Waals surface area contributed by atoms with Crippen molar-refractivity contribution in [3.05, 3.63) is 59.7 Å². The van der Waals surface area contributed by atoms with E-state index in [0.717, 1.165) is 24.2 Å². The van der Waals surface area contributed by atoms with Crippen LogP contribution in [-0.4, -0.2) is 48.8 Å². The molecule has 2 aromatic carbocycles. The fraction of sp³-hybridized carbons (Fsp3) is 0.222.